The van der Waals surface area contributed by atoms with Gasteiger partial charge in [-0.3, -0.25) is 9.59 Å². The third-order valence-electron chi connectivity index (χ3n) is 5.61. The zero-order valence-corrected chi connectivity index (χ0v) is 18.3. The number of fused-ring (bicyclic) bond motifs is 1. The molecule has 1 heterocycles. The van der Waals surface area contributed by atoms with E-state index in [2.05, 4.69) is 5.32 Å². The highest BCUT2D eigenvalue weighted by Crippen LogP contribution is 2.41. The summed E-state index contributed by atoms with van der Waals surface area (Å²) in [5, 5.41) is 13.0. The number of para-hydroxylation sites is 2. The van der Waals surface area contributed by atoms with Gasteiger partial charge in [-0.15, -0.1) is 0 Å². The molecule has 2 N–H and O–H groups in total. The van der Waals surface area contributed by atoms with Crippen molar-refractivity contribution in [2.45, 2.75) is 25.9 Å². The largest absolute Gasteiger partial charge is 0.497 e. The second kappa shape index (κ2) is 9.49. The van der Waals surface area contributed by atoms with Gasteiger partial charge in [0, 0.05) is 10.6 Å². The normalized spacial score (nSPS) is 22.1. The van der Waals surface area contributed by atoms with Crippen molar-refractivity contribution in [3.63, 3.8) is 0 Å². The number of carbonyl (C=O) groups is 2. The number of hydrogen-bond donors (Lipinski definition) is 2. The van der Waals surface area contributed by atoms with E-state index >= 15 is 0 Å². The number of nitrogens with one attached hydrogen (secondary N) is 1. The van der Waals surface area contributed by atoms with Crippen molar-refractivity contribution in [3.8, 4) is 5.75 Å². The molecule has 2 aliphatic rings. The number of allylic oxidation sites excluding steroid dienone is 2. The van der Waals surface area contributed by atoms with Gasteiger partial charge in [0.25, 0.3) is 5.91 Å². The summed E-state index contributed by atoms with van der Waals surface area (Å²) >= 11 is 6.18. The van der Waals surface area contributed by atoms with Gasteiger partial charge in [-0.2, -0.15) is 0 Å². The van der Waals surface area contributed by atoms with Crippen molar-refractivity contribution in [1.29, 1.82) is 0 Å². The molecule has 0 fully saturated rings. The third-order valence-corrected chi connectivity index (χ3v) is 5.85. The SMILES string of the molecule is CCOC1=C(CC(=O)O)C=CC(Cc2cccc(Cl)c2)C1C1Oc2ccccc2NC1=O. The average molecular weight is 454 g/mol. The van der Waals surface area contributed by atoms with E-state index in [-0.39, 0.29) is 18.2 Å². The second-order valence-electron chi connectivity index (χ2n) is 7.80. The number of anilines is 1. The smallest absolute Gasteiger partial charge is 0.307 e. The van der Waals surface area contributed by atoms with E-state index in [9.17, 15) is 14.7 Å². The quantitative estimate of drug-likeness (QED) is 0.626. The molecule has 0 bridgehead atoms. The lowest BCUT2D eigenvalue weighted by Crippen LogP contribution is -2.47. The summed E-state index contributed by atoms with van der Waals surface area (Å²) in [7, 11) is 0. The first-order chi connectivity index (χ1) is 15.5. The van der Waals surface area contributed by atoms with Crippen LogP contribution in [0.25, 0.3) is 0 Å². The number of halogens is 1. The minimum absolute atomic E-state index is 0.159. The number of benzene rings is 2. The molecule has 3 unspecified atom stereocenters. The molecule has 6 nitrogen and oxygen atoms in total. The first-order valence-corrected chi connectivity index (χ1v) is 10.9. The molecule has 1 amide bonds. The van der Waals surface area contributed by atoms with Gasteiger partial charge in [0.1, 0.15) is 11.5 Å². The van der Waals surface area contributed by atoms with Gasteiger partial charge in [0.15, 0.2) is 6.10 Å². The highest BCUT2D eigenvalue weighted by Gasteiger charge is 2.43. The first-order valence-electron chi connectivity index (χ1n) is 10.5. The zero-order chi connectivity index (χ0) is 22.7. The predicted octanol–water partition coefficient (Wildman–Crippen LogP) is 4.85. The van der Waals surface area contributed by atoms with Crippen LogP contribution in [0.1, 0.15) is 18.9 Å². The standard InChI is InChI=1S/C25H24ClNO5/c1-2-31-23-17(14-21(28)29)11-10-16(12-15-6-5-7-18(26)13-15)22(23)24-25(30)27-19-8-3-4-9-20(19)32-24/h3-11,13,16,22,24H,2,12,14H2,1H3,(H,27,30)(H,28,29). The van der Waals surface area contributed by atoms with Crippen LogP contribution in [0.3, 0.4) is 0 Å². The Morgan fingerprint density at radius 3 is 2.78 bits per heavy atom. The number of amides is 1. The van der Waals surface area contributed by atoms with Gasteiger partial charge < -0.3 is 19.9 Å². The van der Waals surface area contributed by atoms with Crippen LogP contribution in [0.2, 0.25) is 5.02 Å². The summed E-state index contributed by atoms with van der Waals surface area (Å²) in [5.41, 5.74) is 2.16. The first kappa shape index (κ1) is 22.0. The molecule has 0 spiro atoms. The Morgan fingerprint density at radius 1 is 1.22 bits per heavy atom. The molecule has 4 rings (SSSR count). The summed E-state index contributed by atoms with van der Waals surface area (Å²) in [5.74, 6) is -0.844. The number of aliphatic carboxylic acids is 1. The minimum Gasteiger partial charge on any atom is -0.497 e. The zero-order valence-electron chi connectivity index (χ0n) is 17.6. The summed E-state index contributed by atoms with van der Waals surface area (Å²) in [4.78, 5) is 24.6. The Kier molecular flexibility index (Phi) is 6.51. The Hall–Kier alpha value is -3.25. The lowest BCUT2D eigenvalue weighted by Gasteiger charge is -2.38. The molecule has 2 aromatic carbocycles. The fourth-order valence-corrected chi connectivity index (χ4v) is 4.51. The van der Waals surface area contributed by atoms with Crippen molar-refractivity contribution in [2.24, 2.45) is 11.8 Å². The van der Waals surface area contributed by atoms with Crippen LogP contribution in [-0.2, 0) is 20.7 Å². The van der Waals surface area contributed by atoms with Gasteiger partial charge in [0.2, 0.25) is 0 Å². The van der Waals surface area contributed by atoms with Crippen molar-refractivity contribution in [3.05, 3.63) is 82.6 Å². The van der Waals surface area contributed by atoms with E-state index in [0.717, 1.165) is 5.56 Å². The van der Waals surface area contributed by atoms with E-state index in [0.29, 0.717) is 40.8 Å². The molecule has 0 saturated heterocycles. The summed E-state index contributed by atoms with van der Waals surface area (Å²) < 4.78 is 12.1. The van der Waals surface area contributed by atoms with Crippen molar-refractivity contribution in [2.75, 3.05) is 11.9 Å². The molecular formula is C25H24ClNO5. The average Bonchev–Trinajstić information content (AvgIpc) is 2.75. The van der Waals surface area contributed by atoms with Gasteiger partial charge in [-0.05, 0) is 49.1 Å². The van der Waals surface area contributed by atoms with E-state index in [1.807, 2.05) is 49.4 Å². The summed E-state index contributed by atoms with van der Waals surface area (Å²) in [6, 6.07) is 14.8. The van der Waals surface area contributed by atoms with Gasteiger partial charge in [-0.25, -0.2) is 0 Å². The van der Waals surface area contributed by atoms with Crippen molar-refractivity contribution in [1.82, 2.24) is 0 Å². The maximum atomic E-state index is 13.1. The van der Waals surface area contributed by atoms with Gasteiger partial charge >= 0.3 is 5.97 Å². The number of carbonyl (C=O) groups excluding carboxylic acids is 1. The molecule has 1 aliphatic carbocycles. The molecule has 7 heteroatoms. The van der Waals surface area contributed by atoms with Crippen LogP contribution < -0.4 is 10.1 Å². The van der Waals surface area contributed by atoms with Crippen LogP contribution in [0.4, 0.5) is 5.69 Å². The monoisotopic (exact) mass is 453 g/mol. The summed E-state index contributed by atoms with van der Waals surface area (Å²) in [6.45, 7) is 2.18. The Bertz CT molecular complexity index is 1090. The fraction of sp³-hybridized carbons (Fsp3) is 0.280. The number of hydrogen-bond acceptors (Lipinski definition) is 4. The predicted molar refractivity (Wildman–Crippen MR) is 122 cm³/mol. The maximum Gasteiger partial charge on any atom is 0.307 e. The van der Waals surface area contributed by atoms with Crippen molar-refractivity contribution >= 4 is 29.2 Å². The fourth-order valence-electron chi connectivity index (χ4n) is 4.30. The molecule has 0 radical (unpaired) electrons. The van der Waals surface area contributed by atoms with Crippen LogP contribution in [0.5, 0.6) is 5.75 Å². The molecule has 1 aliphatic heterocycles. The van der Waals surface area contributed by atoms with E-state index in [1.165, 1.54) is 0 Å². The molecule has 166 valence electrons. The molecule has 2 aromatic rings. The number of carboxylic acid groups (broad SMARTS) is 1. The molecular weight excluding hydrogens is 430 g/mol. The molecule has 0 saturated carbocycles. The molecule has 0 aromatic heterocycles. The van der Waals surface area contributed by atoms with Crippen LogP contribution in [0.15, 0.2) is 72.0 Å². The van der Waals surface area contributed by atoms with Crippen molar-refractivity contribution < 1.29 is 24.2 Å². The highest BCUT2D eigenvalue weighted by molar-refractivity contribution is 6.30. The number of ether oxygens (including phenoxy) is 2. The Balaban J connectivity index is 1.75. The lowest BCUT2D eigenvalue weighted by atomic mass is 9.76. The highest BCUT2D eigenvalue weighted by atomic mass is 35.5. The van der Waals surface area contributed by atoms with E-state index < -0.39 is 18.0 Å². The molecule has 3 atom stereocenters. The van der Waals surface area contributed by atoms with Crippen LogP contribution >= 0.6 is 11.6 Å². The minimum atomic E-state index is -0.965. The maximum absolute atomic E-state index is 13.1. The van der Waals surface area contributed by atoms with Crippen LogP contribution in [0, 0.1) is 11.8 Å². The Labute approximate surface area is 191 Å². The Morgan fingerprint density at radius 2 is 2.03 bits per heavy atom. The van der Waals surface area contributed by atoms with E-state index in [1.54, 1.807) is 18.2 Å². The summed E-state index contributed by atoms with van der Waals surface area (Å²) in [6.07, 6.45) is 3.26. The van der Waals surface area contributed by atoms with E-state index in [4.69, 9.17) is 21.1 Å². The number of rotatable bonds is 7. The molecule has 32 heavy (non-hydrogen) atoms. The lowest BCUT2D eigenvalue weighted by molar-refractivity contribution is -0.136. The third kappa shape index (κ3) is 4.65. The van der Waals surface area contributed by atoms with Gasteiger partial charge in [0.05, 0.1) is 24.6 Å². The topological polar surface area (TPSA) is 84.9 Å². The van der Waals surface area contributed by atoms with Crippen LogP contribution in [-0.4, -0.2) is 29.7 Å². The number of carboxylic acids is 1. The second-order valence-corrected chi connectivity index (χ2v) is 8.24. The van der Waals surface area contributed by atoms with Gasteiger partial charge in [-0.1, -0.05) is 48.0 Å².